The van der Waals surface area contributed by atoms with Gasteiger partial charge in [0, 0.05) is 31.2 Å². The molecule has 4 heterocycles. The summed E-state index contributed by atoms with van der Waals surface area (Å²) >= 11 is 0. The van der Waals surface area contributed by atoms with E-state index in [0.717, 1.165) is 45.2 Å². The highest BCUT2D eigenvalue weighted by molar-refractivity contribution is 6.03. The maximum atomic E-state index is 13.2. The lowest BCUT2D eigenvalue weighted by atomic mass is 10.0. The number of rotatable bonds is 5. The van der Waals surface area contributed by atoms with Crippen molar-refractivity contribution in [2.45, 2.75) is 76.7 Å². The van der Waals surface area contributed by atoms with E-state index >= 15 is 0 Å². The first-order chi connectivity index (χ1) is 15.4. The summed E-state index contributed by atoms with van der Waals surface area (Å²) in [7, 11) is 1.52. The number of aromatic nitrogens is 1. The van der Waals surface area contributed by atoms with Gasteiger partial charge in [0.25, 0.3) is 11.8 Å². The lowest BCUT2D eigenvalue weighted by molar-refractivity contribution is -0.0683. The van der Waals surface area contributed by atoms with Gasteiger partial charge < -0.3 is 19.7 Å². The number of morpholine rings is 1. The Bertz CT molecular complexity index is 898. The van der Waals surface area contributed by atoms with Crippen molar-refractivity contribution in [2.24, 2.45) is 5.92 Å². The van der Waals surface area contributed by atoms with Crippen molar-refractivity contribution in [2.75, 3.05) is 26.8 Å². The van der Waals surface area contributed by atoms with Gasteiger partial charge in [0.2, 0.25) is 5.88 Å². The van der Waals surface area contributed by atoms with E-state index in [1.54, 1.807) is 6.07 Å². The Hall–Kier alpha value is -2.19. The van der Waals surface area contributed by atoms with Gasteiger partial charge in [-0.2, -0.15) is 0 Å². The van der Waals surface area contributed by atoms with Crippen LogP contribution < -0.4 is 10.1 Å². The van der Waals surface area contributed by atoms with Crippen LogP contribution in [0, 0.1) is 5.92 Å². The monoisotopic (exact) mass is 442 g/mol. The minimum absolute atomic E-state index is 0.00836. The van der Waals surface area contributed by atoms with Crippen molar-refractivity contribution in [1.82, 2.24) is 20.1 Å². The molecule has 0 unspecified atom stereocenters. The molecule has 2 saturated heterocycles. The Labute approximate surface area is 189 Å². The molecule has 1 aliphatic carbocycles. The number of fused-ring (bicyclic) bond motifs is 2. The maximum absolute atomic E-state index is 13.2. The molecule has 0 spiro atoms. The number of carbonyl (C=O) groups excluding carboxylic acids is 2. The van der Waals surface area contributed by atoms with Crippen LogP contribution in [0.25, 0.3) is 0 Å². The third-order valence-electron chi connectivity index (χ3n) is 7.61. The Morgan fingerprint density at radius 1 is 1.25 bits per heavy atom. The van der Waals surface area contributed by atoms with Crippen LogP contribution in [0.15, 0.2) is 6.07 Å². The molecule has 1 aromatic rings. The van der Waals surface area contributed by atoms with Gasteiger partial charge in [0.1, 0.15) is 5.56 Å². The second-order valence-electron chi connectivity index (χ2n) is 10.0. The predicted octanol–water partition coefficient (Wildman–Crippen LogP) is 2.22. The fourth-order valence-electron chi connectivity index (χ4n) is 5.73. The Balaban J connectivity index is 1.29. The van der Waals surface area contributed by atoms with Crippen molar-refractivity contribution < 1.29 is 19.1 Å². The third kappa shape index (κ3) is 3.88. The molecule has 32 heavy (non-hydrogen) atoms. The summed E-state index contributed by atoms with van der Waals surface area (Å²) in [6.07, 6.45) is 5.53. The molecule has 1 saturated carbocycles. The van der Waals surface area contributed by atoms with Crippen LogP contribution >= 0.6 is 0 Å². The average Bonchev–Trinajstić information content (AvgIpc) is 3.50. The van der Waals surface area contributed by atoms with E-state index in [0.29, 0.717) is 47.8 Å². The molecular formula is C24H34N4O4. The molecule has 0 bridgehead atoms. The van der Waals surface area contributed by atoms with Crippen molar-refractivity contribution in [1.29, 1.82) is 0 Å². The highest BCUT2D eigenvalue weighted by atomic mass is 16.5. The number of amides is 2. The van der Waals surface area contributed by atoms with Crippen LogP contribution in [-0.4, -0.2) is 77.6 Å². The number of carbonyl (C=O) groups is 2. The van der Waals surface area contributed by atoms with Gasteiger partial charge in [-0.15, -0.1) is 0 Å². The van der Waals surface area contributed by atoms with Crippen LogP contribution in [0.4, 0.5) is 0 Å². The summed E-state index contributed by atoms with van der Waals surface area (Å²) in [6.45, 7) is 7.31. The molecule has 1 aromatic heterocycles. The topological polar surface area (TPSA) is 84.0 Å². The normalized spacial score (nSPS) is 28.3. The zero-order valence-corrected chi connectivity index (χ0v) is 19.3. The van der Waals surface area contributed by atoms with Crippen LogP contribution in [0.2, 0.25) is 0 Å². The number of nitrogens with one attached hydrogen (secondary N) is 1. The second kappa shape index (κ2) is 8.63. The molecule has 1 N–H and O–H groups in total. The van der Waals surface area contributed by atoms with E-state index in [1.807, 2.05) is 4.90 Å². The molecule has 174 valence electrons. The van der Waals surface area contributed by atoms with E-state index in [9.17, 15) is 9.59 Å². The van der Waals surface area contributed by atoms with Crippen molar-refractivity contribution >= 4 is 11.8 Å². The van der Waals surface area contributed by atoms with Crippen molar-refractivity contribution in [3.8, 4) is 5.88 Å². The predicted molar refractivity (Wildman–Crippen MR) is 119 cm³/mol. The quantitative estimate of drug-likeness (QED) is 0.753. The van der Waals surface area contributed by atoms with E-state index in [-0.39, 0.29) is 30.0 Å². The van der Waals surface area contributed by atoms with E-state index in [1.165, 1.54) is 7.11 Å². The number of pyridine rings is 1. The number of methoxy groups -OCH3 is 1. The number of ether oxygens (including phenoxy) is 2. The second-order valence-corrected chi connectivity index (χ2v) is 10.0. The minimum atomic E-state index is -0.226. The number of hydrogen-bond acceptors (Lipinski definition) is 6. The Morgan fingerprint density at radius 3 is 2.75 bits per heavy atom. The van der Waals surface area contributed by atoms with Gasteiger partial charge in [-0.3, -0.25) is 14.5 Å². The zero-order chi connectivity index (χ0) is 22.4. The lowest BCUT2D eigenvalue weighted by Gasteiger charge is -2.36. The first kappa shape index (κ1) is 21.6. The summed E-state index contributed by atoms with van der Waals surface area (Å²) in [5.41, 5.74) is 1.60. The molecule has 3 fully saturated rings. The maximum Gasteiger partial charge on any atom is 0.257 e. The fraction of sp³-hybridized carbons (Fsp3) is 0.708. The number of nitrogens with zero attached hydrogens (tertiary/aromatic N) is 3. The van der Waals surface area contributed by atoms with Crippen LogP contribution in [0.5, 0.6) is 5.88 Å². The molecule has 8 nitrogen and oxygen atoms in total. The molecule has 3 aliphatic heterocycles. The lowest BCUT2D eigenvalue weighted by Crippen LogP contribution is -2.48. The SMILES string of the molecule is COc1nc2c(cc1C(=O)N[C@H]1C[C@H]3CO[C@@H](C(C)C)CN3C1)C(=O)N(C1CCCC1)C2. The van der Waals surface area contributed by atoms with E-state index < -0.39 is 0 Å². The van der Waals surface area contributed by atoms with E-state index in [2.05, 4.69) is 29.0 Å². The van der Waals surface area contributed by atoms with Gasteiger partial charge in [0.05, 0.1) is 37.6 Å². The van der Waals surface area contributed by atoms with Crippen LogP contribution in [-0.2, 0) is 11.3 Å². The Morgan fingerprint density at radius 2 is 2.03 bits per heavy atom. The zero-order valence-electron chi connectivity index (χ0n) is 19.3. The summed E-state index contributed by atoms with van der Waals surface area (Å²) in [5.74, 6) is 0.537. The summed E-state index contributed by atoms with van der Waals surface area (Å²) < 4.78 is 11.5. The molecule has 0 aromatic carbocycles. The van der Waals surface area contributed by atoms with Crippen LogP contribution in [0.3, 0.4) is 0 Å². The Kier molecular flexibility index (Phi) is 5.84. The van der Waals surface area contributed by atoms with Gasteiger partial charge in [-0.1, -0.05) is 26.7 Å². The van der Waals surface area contributed by atoms with Crippen molar-refractivity contribution in [3.05, 3.63) is 22.9 Å². The largest absolute Gasteiger partial charge is 0.480 e. The summed E-state index contributed by atoms with van der Waals surface area (Å²) in [5, 5.41) is 3.16. The molecule has 5 rings (SSSR count). The molecule has 8 heteroatoms. The van der Waals surface area contributed by atoms with Crippen LogP contribution in [0.1, 0.15) is 72.4 Å². The number of hydrogen-bond donors (Lipinski definition) is 1. The van der Waals surface area contributed by atoms with Crippen molar-refractivity contribution in [3.63, 3.8) is 0 Å². The van der Waals surface area contributed by atoms with Gasteiger partial charge in [0.15, 0.2) is 0 Å². The van der Waals surface area contributed by atoms with Gasteiger partial charge in [-0.05, 0) is 31.2 Å². The minimum Gasteiger partial charge on any atom is -0.480 e. The smallest absolute Gasteiger partial charge is 0.257 e. The summed E-state index contributed by atoms with van der Waals surface area (Å²) in [4.78, 5) is 35.2. The molecule has 3 atom stereocenters. The van der Waals surface area contributed by atoms with Gasteiger partial charge >= 0.3 is 0 Å². The average molecular weight is 443 g/mol. The summed E-state index contributed by atoms with van der Waals surface area (Å²) in [6, 6.07) is 2.36. The molecule has 2 amide bonds. The first-order valence-electron chi connectivity index (χ1n) is 12.0. The highest BCUT2D eigenvalue weighted by Crippen LogP contribution is 2.33. The fourth-order valence-corrected chi connectivity index (χ4v) is 5.73. The van der Waals surface area contributed by atoms with E-state index in [4.69, 9.17) is 9.47 Å². The first-order valence-corrected chi connectivity index (χ1v) is 12.0. The molecular weight excluding hydrogens is 408 g/mol. The molecule has 0 radical (unpaired) electrons. The molecule has 4 aliphatic rings. The third-order valence-corrected chi connectivity index (χ3v) is 7.61. The highest BCUT2D eigenvalue weighted by Gasteiger charge is 2.40. The standard InChI is InChI=1S/C24H34N4O4/c1-14(2)21-12-27-10-15(8-17(27)13-32-21)25-22(29)19-9-18-20(26-23(19)31-3)11-28(24(18)30)16-6-4-5-7-16/h9,14-17,21H,4-8,10-13H2,1-3H3,(H,25,29)/t15-,17-,21+/m0/s1. The van der Waals surface area contributed by atoms with Gasteiger partial charge in [-0.25, -0.2) is 4.98 Å².